The van der Waals surface area contributed by atoms with E-state index in [9.17, 15) is 13.2 Å². The van der Waals surface area contributed by atoms with E-state index in [1.165, 1.54) is 22.5 Å². The second-order valence-electron chi connectivity index (χ2n) is 8.80. The molecular weight excluding hydrogens is 483 g/mol. The molecule has 2 heterocycles. The fraction of sp³-hybridized carbons (Fsp3) is 0.391. The average molecular weight is 509 g/mol. The number of aromatic amines is 1. The molecule has 0 radical (unpaired) electrons. The van der Waals surface area contributed by atoms with Gasteiger partial charge < -0.3 is 9.32 Å². The van der Waals surface area contributed by atoms with Gasteiger partial charge in [-0.3, -0.25) is 0 Å². The lowest BCUT2D eigenvalue weighted by Gasteiger charge is -2.43. The number of fused-ring (bicyclic) bond motifs is 1. The quantitative estimate of drug-likeness (QED) is 0.545. The number of rotatable bonds is 5. The minimum atomic E-state index is -4.10. The monoisotopic (exact) mass is 508 g/mol. The van der Waals surface area contributed by atoms with Crippen LogP contribution in [0.2, 0.25) is 5.02 Å². The van der Waals surface area contributed by atoms with Crippen LogP contribution < -0.4 is 10.7 Å². The van der Waals surface area contributed by atoms with Crippen molar-refractivity contribution in [1.82, 2.24) is 14.5 Å². The Kier molecular flexibility index (Phi) is 6.34. The Hall–Kier alpha value is -2.69. The van der Waals surface area contributed by atoms with E-state index >= 15 is 4.39 Å². The Balaban J connectivity index is 1.95. The minimum Gasteiger partial charge on any atom is -0.391 e. The SMILES string of the molecule is Cc1ccc(F)c([C@H](C)[C@@H](c2n[nH]c(=O)o2)N2CN(C(C)C)c3cc(Cl)ccc3S2(=O)=O)c1C. The Labute approximate surface area is 202 Å². The highest BCUT2D eigenvalue weighted by Gasteiger charge is 2.45. The third kappa shape index (κ3) is 4.03. The molecule has 0 bridgehead atoms. The zero-order valence-electron chi connectivity index (χ0n) is 19.5. The standard InChI is InChI=1S/C23H26ClFN4O4S/c1-12(2)28-11-29(34(31,32)19-9-7-16(24)10-18(19)28)21(22-26-27-23(30)33-22)15(5)20-14(4)13(3)6-8-17(20)25/h6-10,12,15,21H,11H2,1-5H3,(H,27,30)/t15-,21-/m0/s1. The van der Waals surface area contributed by atoms with Crippen molar-refractivity contribution in [2.75, 3.05) is 11.6 Å². The van der Waals surface area contributed by atoms with E-state index in [-0.39, 0.29) is 23.5 Å². The first-order valence-corrected chi connectivity index (χ1v) is 12.6. The van der Waals surface area contributed by atoms with Gasteiger partial charge in [-0.15, -0.1) is 5.10 Å². The summed E-state index contributed by atoms with van der Waals surface area (Å²) in [6.07, 6.45) is 0. The van der Waals surface area contributed by atoms with Crippen molar-refractivity contribution in [1.29, 1.82) is 0 Å². The summed E-state index contributed by atoms with van der Waals surface area (Å²) in [6, 6.07) is 6.42. The first-order chi connectivity index (χ1) is 15.9. The number of sulfonamides is 1. The zero-order valence-corrected chi connectivity index (χ0v) is 21.0. The zero-order chi connectivity index (χ0) is 24.9. The van der Waals surface area contributed by atoms with Crippen LogP contribution in [0.25, 0.3) is 0 Å². The van der Waals surface area contributed by atoms with Crippen molar-refractivity contribution in [2.24, 2.45) is 0 Å². The van der Waals surface area contributed by atoms with Gasteiger partial charge >= 0.3 is 5.76 Å². The van der Waals surface area contributed by atoms with E-state index in [0.29, 0.717) is 21.8 Å². The topological polar surface area (TPSA) is 99.5 Å². The van der Waals surface area contributed by atoms with Gasteiger partial charge in [-0.1, -0.05) is 24.6 Å². The molecule has 1 N–H and O–H groups in total. The van der Waals surface area contributed by atoms with Gasteiger partial charge in [0.2, 0.25) is 15.9 Å². The van der Waals surface area contributed by atoms with Crippen molar-refractivity contribution >= 4 is 27.3 Å². The largest absolute Gasteiger partial charge is 0.434 e. The summed E-state index contributed by atoms with van der Waals surface area (Å²) in [6.45, 7) is 9.13. The van der Waals surface area contributed by atoms with Gasteiger partial charge in [-0.05, 0) is 68.7 Å². The molecule has 3 aromatic rings. The van der Waals surface area contributed by atoms with E-state index in [0.717, 1.165) is 5.56 Å². The second-order valence-corrected chi connectivity index (χ2v) is 11.1. The lowest BCUT2D eigenvalue weighted by molar-refractivity contribution is 0.231. The predicted octanol–water partition coefficient (Wildman–Crippen LogP) is 4.49. The summed E-state index contributed by atoms with van der Waals surface area (Å²) in [5, 5.41) is 6.57. The van der Waals surface area contributed by atoms with Gasteiger partial charge in [0.15, 0.2) is 0 Å². The molecule has 0 aliphatic carbocycles. The van der Waals surface area contributed by atoms with Crippen LogP contribution in [0, 0.1) is 19.7 Å². The fourth-order valence-corrected chi connectivity index (χ4v) is 6.46. The number of nitrogens with one attached hydrogen (secondary N) is 1. The summed E-state index contributed by atoms with van der Waals surface area (Å²) in [7, 11) is -4.10. The van der Waals surface area contributed by atoms with E-state index in [1.807, 2.05) is 25.7 Å². The lowest BCUT2D eigenvalue weighted by atomic mass is 9.87. The number of hydrogen-bond donors (Lipinski definition) is 1. The molecule has 8 nitrogen and oxygen atoms in total. The van der Waals surface area contributed by atoms with Gasteiger partial charge in [0.05, 0.1) is 12.4 Å². The van der Waals surface area contributed by atoms with E-state index < -0.39 is 33.6 Å². The fourth-order valence-electron chi connectivity index (χ4n) is 4.52. The van der Waals surface area contributed by atoms with Gasteiger partial charge in [0.25, 0.3) is 0 Å². The number of hydrogen-bond acceptors (Lipinski definition) is 6. The average Bonchev–Trinajstić information content (AvgIpc) is 3.18. The molecule has 0 amide bonds. The van der Waals surface area contributed by atoms with Gasteiger partial charge in [-0.2, -0.15) is 4.31 Å². The smallest absolute Gasteiger partial charge is 0.391 e. The molecule has 11 heteroatoms. The molecule has 1 aliphatic heterocycles. The molecule has 34 heavy (non-hydrogen) atoms. The maximum absolute atomic E-state index is 15.1. The van der Waals surface area contributed by atoms with Crippen molar-refractivity contribution in [3.05, 3.63) is 74.3 Å². The summed E-state index contributed by atoms with van der Waals surface area (Å²) in [5.41, 5.74) is 2.36. The normalized spacial score (nSPS) is 17.6. The van der Waals surface area contributed by atoms with Crippen LogP contribution in [-0.4, -0.2) is 35.6 Å². The molecule has 0 fully saturated rings. The number of nitrogens with zero attached hydrogens (tertiary/aromatic N) is 3. The first kappa shape index (κ1) is 24.4. The number of aromatic nitrogens is 2. The molecule has 0 spiro atoms. The molecule has 2 atom stereocenters. The molecule has 1 aromatic heterocycles. The van der Waals surface area contributed by atoms with Crippen molar-refractivity contribution in [3.8, 4) is 0 Å². The Morgan fingerprint density at radius 1 is 1.18 bits per heavy atom. The molecule has 182 valence electrons. The Morgan fingerprint density at radius 3 is 2.50 bits per heavy atom. The van der Waals surface area contributed by atoms with Crippen LogP contribution in [0.5, 0.6) is 0 Å². The van der Waals surface area contributed by atoms with Gasteiger partial charge in [0.1, 0.15) is 16.8 Å². The van der Waals surface area contributed by atoms with Crippen LogP contribution in [0.15, 0.2) is 44.4 Å². The van der Waals surface area contributed by atoms with Gasteiger partial charge in [0, 0.05) is 17.0 Å². The molecule has 4 rings (SSSR count). The highest BCUT2D eigenvalue weighted by Crippen LogP contribution is 2.45. The van der Waals surface area contributed by atoms with Crippen LogP contribution in [0.4, 0.5) is 10.1 Å². The summed E-state index contributed by atoms with van der Waals surface area (Å²) >= 11 is 6.18. The van der Waals surface area contributed by atoms with Crippen molar-refractivity contribution in [2.45, 2.75) is 57.5 Å². The molecular formula is C23H26ClFN4O4S. The third-order valence-corrected chi connectivity index (χ3v) is 8.51. The molecule has 2 aromatic carbocycles. The molecule has 1 aliphatic rings. The second kappa shape index (κ2) is 8.83. The number of benzene rings is 2. The maximum Gasteiger partial charge on any atom is 0.434 e. The van der Waals surface area contributed by atoms with E-state index in [1.54, 1.807) is 26.0 Å². The first-order valence-electron chi connectivity index (χ1n) is 10.8. The van der Waals surface area contributed by atoms with Crippen molar-refractivity contribution in [3.63, 3.8) is 0 Å². The minimum absolute atomic E-state index is 0.0633. The van der Waals surface area contributed by atoms with Crippen LogP contribution >= 0.6 is 11.6 Å². The Morgan fingerprint density at radius 2 is 1.88 bits per heavy atom. The van der Waals surface area contributed by atoms with E-state index in [4.69, 9.17) is 16.0 Å². The van der Waals surface area contributed by atoms with E-state index in [2.05, 4.69) is 10.2 Å². The third-order valence-electron chi connectivity index (χ3n) is 6.41. The lowest BCUT2D eigenvalue weighted by Crippen LogP contribution is -2.51. The highest BCUT2D eigenvalue weighted by molar-refractivity contribution is 7.89. The maximum atomic E-state index is 15.1. The molecule has 0 saturated heterocycles. The number of halogens is 2. The van der Waals surface area contributed by atoms with Gasteiger partial charge in [-0.25, -0.2) is 22.7 Å². The highest BCUT2D eigenvalue weighted by atomic mass is 35.5. The van der Waals surface area contributed by atoms with Crippen molar-refractivity contribution < 1.29 is 17.2 Å². The number of aryl methyl sites for hydroxylation is 1. The Bertz CT molecular complexity index is 1400. The van der Waals surface area contributed by atoms with Crippen LogP contribution in [-0.2, 0) is 10.0 Å². The number of anilines is 1. The molecule has 0 saturated carbocycles. The molecule has 0 unspecified atom stereocenters. The van der Waals surface area contributed by atoms with Crippen LogP contribution in [0.1, 0.15) is 55.3 Å². The predicted molar refractivity (Wildman–Crippen MR) is 127 cm³/mol. The number of H-pyrrole nitrogens is 1. The summed E-state index contributed by atoms with van der Waals surface area (Å²) in [5.74, 6) is -2.16. The van der Waals surface area contributed by atoms with Crippen LogP contribution in [0.3, 0.4) is 0 Å². The summed E-state index contributed by atoms with van der Waals surface area (Å²) < 4.78 is 49.3. The summed E-state index contributed by atoms with van der Waals surface area (Å²) in [4.78, 5) is 13.8.